The predicted octanol–water partition coefficient (Wildman–Crippen LogP) is 10.7. The van der Waals surface area contributed by atoms with Crippen molar-refractivity contribution in [2.24, 2.45) is 11.8 Å². The second kappa shape index (κ2) is 23.4. The maximum atomic E-state index is 17.1. The number of nitrogens with one attached hydrogen (secondary N) is 2. The number of aryl methyl sites for hydroxylation is 2. The average Bonchev–Trinajstić information content (AvgIpc) is 3.84. The first kappa shape index (κ1) is 55.7. The van der Waals surface area contributed by atoms with E-state index in [-0.39, 0.29) is 59.3 Å². The summed E-state index contributed by atoms with van der Waals surface area (Å²) in [6.07, 6.45) is 8.85. The normalized spacial score (nSPS) is 21.2. The van der Waals surface area contributed by atoms with Crippen LogP contribution in [0.25, 0.3) is 43.4 Å². The molecule has 5 atom stereocenters. The third kappa shape index (κ3) is 11.4. The lowest BCUT2D eigenvalue weighted by Crippen LogP contribution is -2.51. The second-order valence-corrected chi connectivity index (χ2v) is 24.9. The van der Waals surface area contributed by atoms with Crippen molar-refractivity contribution in [1.29, 1.82) is 0 Å². The summed E-state index contributed by atoms with van der Waals surface area (Å²) in [4.78, 5) is 56.4. The van der Waals surface area contributed by atoms with E-state index in [4.69, 9.17) is 24.2 Å². The van der Waals surface area contributed by atoms with Crippen LogP contribution in [0.2, 0.25) is 0 Å². The van der Waals surface area contributed by atoms with Crippen LogP contribution in [-0.2, 0) is 16.0 Å². The van der Waals surface area contributed by atoms with E-state index in [0.717, 1.165) is 89.6 Å². The Kier molecular flexibility index (Phi) is 15.9. The number of nitrogens with zero attached hydrogens (tertiary/aromatic N) is 9. The van der Waals surface area contributed by atoms with Gasteiger partial charge in [-0.25, -0.2) is 13.8 Å². The number of anilines is 2. The van der Waals surface area contributed by atoms with Gasteiger partial charge in [-0.3, -0.25) is 19.5 Å². The number of thiazole rings is 1. The summed E-state index contributed by atoms with van der Waals surface area (Å²) in [5.41, 5.74) is 5.41. The largest absolute Gasteiger partial charge is 0.508 e. The molecule has 5 fully saturated rings. The average molecular weight is 1140 g/mol. The number of amides is 2. The highest BCUT2D eigenvalue weighted by molar-refractivity contribution is 7.13. The number of alkyl halides is 1. The van der Waals surface area contributed by atoms with E-state index >= 15 is 8.78 Å². The molecule has 7 aromatic rings. The molecule has 2 amide bonds. The van der Waals surface area contributed by atoms with Gasteiger partial charge in [-0.05, 0) is 129 Å². The molecule has 2 bridgehead atoms. The SMILES string of the molecule is CCc1cccc2cc(O)cc(-c3ncc4c(N5CC6CCC(C5)N6)nc(OCCN5CCC(F)(CC6CCN(c7cc([C@H](C(=O)N8CCC[C@H]8C(=O)NC(C)c8ccc(-c9scnc9C)cc8)C(C)C)on7)CC6)CC5)nc4c3F)c12. The van der Waals surface area contributed by atoms with Gasteiger partial charge in [0.25, 0.3) is 0 Å². The molecule has 3 aromatic carbocycles. The molecule has 0 saturated carbocycles. The molecule has 0 spiro atoms. The molecule has 3 N–H and O–H groups in total. The Morgan fingerprint density at radius 3 is 2.43 bits per heavy atom. The van der Waals surface area contributed by atoms with Crippen LogP contribution >= 0.6 is 11.3 Å². The van der Waals surface area contributed by atoms with E-state index < -0.39 is 23.4 Å². The number of ether oxygens (including phenoxy) is 1. The van der Waals surface area contributed by atoms with Crippen molar-refractivity contribution in [2.45, 2.75) is 135 Å². The first-order valence-corrected chi connectivity index (χ1v) is 30.6. The fourth-order valence-electron chi connectivity index (χ4n) is 13.7. The number of likely N-dealkylation sites (tertiary alicyclic amines) is 2. The molecule has 432 valence electrons. The number of rotatable bonds is 17. The van der Waals surface area contributed by atoms with E-state index in [1.165, 1.54) is 0 Å². The van der Waals surface area contributed by atoms with Gasteiger partial charge in [0.15, 0.2) is 17.4 Å². The van der Waals surface area contributed by atoms with Crippen LogP contribution in [0.15, 0.2) is 76.9 Å². The van der Waals surface area contributed by atoms with Crippen molar-refractivity contribution in [3.8, 4) is 33.5 Å². The Morgan fingerprint density at radius 2 is 1.71 bits per heavy atom. The first-order valence-electron chi connectivity index (χ1n) is 29.7. The number of phenolic OH excluding ortho intramolecular Hbond substituents is 1. The van der Waals surface area contributed by atoms with Gasteiger partial charge in [-0.15, -0.1) is 11.3 Å². The van der Waals surface area contributed by atoms with Crippen molar-refractivity contribution < 1.29 is 32.7 Å². The fourth-order valence-corrected chi connectivity index (χ4v) is 14.5. The Morgan fingerprint density at radius 1 is 0.939 bits per heavy atom. The topological polar surface area (TPSA) is 178 Å². The number of halogens is 2. The molecule has 5 aliphatic rings. The van der Waals surface area contributed by atoms with Crippen molar-refractivity contribution in [3.63, 3.8) is 0 Å². The molecule has 12 rings (SSSR count). The number of pyridine rings is 1. The lowest BCUT2D eigenvalue weighted by atomic mass is 9.80. The number of fused-ring (bicyclic) bond motifs is 4. The number of benzene rings is 3. The summed E-state index contributed by atoms with van der Waals surface area (Å²) in [7, 11) is 0. The molecule has 19 heteroatoms. The zero-order valence-electron chi connectivity index (χ0n) is 47.7. The standard InChI is InChI=1S/C63H75F2N11O5S/c1-6-41-9-7-10-44-29-47(77)30-48(54(41)44)56-55(64)57-49(33-66-56)59(75-34-45-16-17-46(35-75)69-45)71-62(70-57)80-28-27-73-25-20-63(65,21-26-73)32-40-18-23-74(24-19-40)52-31-51(81-72-52)53(37(2)3)61(79)76-22-8-11-50(76)60(78)68-38(4)42-12-14-43(15-13-42)58-39(5)67-36-82-58/h7,9-10,12-15,29-31,33,36-38,40,45-46,50,53,69,77H,6,8,11,16-28,32,34-35H2,1-5H3,(H,68,78)/t38?,45?,46?,50-,53+/m0/s1. The maximum absolute atomic E-state index is 17.1. The van der Waals surface area contributed by atoms with Crippen molar-refractivity contribution in [1.82, 2.24) is 45.5 Å². The number of hydrogen-bond donors (Lipinski definition) is 3. The van der Waals surface area contributed by atoms with E-state index in [2.05, 4.69) is 54.5 Å². The zero-order valence-corrected chi connectivity index (χ0v) is 48.5. The van der Waals surface area contributed by atoms with E-state index in [0.29, 0.717) is 105 Å². The lowest BCUT2D eigenvalue weighted by molar-refractivity contribution is -0.141. The van der Waals surface area contributed by atoms with Crippen molar-refractivity contribution in [3.05, 3.63) is 101 Å². The third-order valence-electron chi connectivity index (χ3n) is 18.2. The van der Waals surface area contributed by atoms with Crippen molar-refractivity contribution in [2.75, 3.05) is 68.8 Å². The van der Waals surface area contributed by atoms with Gasteiger partial charge in [0.1, 0.15) is 47.0 Å². The van der Waals surface area contributed by atoms with Crippen LogP contribution < -0.4 is 25.2 Å². The zero-order chi connectivity index (χ0) is 56.8. The first-order chi connectivity index (χ1) is 39.7. The second-order valence-electron chi connectivity index (χ2n) is 24.0. The van der Waals surface area contributed by atoms with Gasteiger partial charge in [0, 0.05) is 82.3 Å². The minimum absolute atomic E-state index is 0.0277. The van der Waals surface area contributed by atoms with E-state index in [1.807, 2.05) is 69.6 Å². The molecule has 5 aliphatic heterocycles. The van der Waals surface area contributed by atoms with Crippen LogP contribution in [0.4, 0.5) is 20.4 Å². The molecule has 16 nitrogen and oxygen atoms in total. The minimum Gasteiger partial charge on any atom is -0.508 e. The van der Waals surface area contributed by atoms with Gasteiger partial charge in [0.2, 0.25) is 11.8 Å². The summed E-state index contributed by atoms with van der Waals surface area (Å²) in [6.45, 7) is 15.4. The summed E-state index contributed by atoms with van der Waals surface area (Å²) in [6, 6.07) is 19.1. The number of piperazine rings is 1. The Bertz CT molecular complexity index is 3440. The molecule has 0 aliphatic carbocycles. The molecule has 0 radical (unpaired) electrons. The maximum Gasteiger partial charge on any atom is 0.319 e. The molecule has 82 heavy (non-hydrogen) atoms. The number of piperidine rings is 2. The highest BCUT2D eigenvalue weighted by Crippen LogP contribution is 2.41. The summed E-state index contributed by atoms with van der Waals surface area (Å²) < 4.78 is 46.1. The van der Waals surface area contributed by atoms with E-state index in [1.54, 1.807) is 34.6 Å². The lowest BCUT2D eigenvalue weighted by Gasteiger charge is -2.40. The van der Waals surface area contributed by atoms with Crippen molar-refractivity contribution >= 4 is 56.5 Å². The number of carbonyl (C=O) groups is 2. The Balaban J connectivity index is 0.639. The molecule has 9 heterocycles. The minimum atomic E-state index is -1.27. The van der Waals surface area contributed by atoms with E-state index in [9.17, 15) is 14.7 Å². The number of carbonyl (C=O) groups excluding carboxylic acids is 2. The highest BCUT2D eigenvalue weighted by atomic mass is 32.1. The highest BCUT2D eigenvalue weighted by Gasteiger charge is 2.42. The number of aromatic hydroxyl groups is 1. The fraction of sp³-hybridized carbons (Fsp3) is 0.508. The Hall–Kier alpha value is -6.83. The molecule has 3 unspecified atom stereocenters. The summed E-state index contributed by atoms with van der Waals surface area (Å²) >= 11 is 1.61. The molecular weight excluding hydrogens is 1060 g/mol. The van der Waals surface area contributed by atoms with Crippen LogP contribution in [0, 0.1) is 24.6 Å². The molecule has 5 saturated heterocycles. The van der Waals surface area contributed by atoms with Crippen LogP contribution in [0.5, 0.6) is 11.8 Å². The van der Waals surface area contributed by atoms with Gasteiger partial charge in [-0.1, -0.05) is 68.4 Å². The third-order valence-corrected chi connectivity index (χ3v) is 19.2. The summed E-state index contributed by atoms with van der Waals surface area (Å²) in [5, 5.41) is 24.3. The van der Waals surface area contributed by atoms with Gasteiger partial charge in [-0.2, -0.15) is 9.97 Å². The Labute approximate surface area is 482 Å². The quantitative estimate of drug-likeness (QED) is 0.0784. The van der Waals surface area contributed by atoms with Gasteiger partial charge >= 0.3 is 6.01 Å². The van der Waals surface area contributed by atoms with Gasteiger partial charge < -0.3 is 39.7 Å². The monoisotopic (exact) mass is 1140 g/mol. The number of aromatic nitrogens is 5. The number of phenols is 1. The van der Waals surface area contributed by atoms with Crippen LogP contribution in [0.3, 0.4) is 0 Å². The van der Waals surface area contributed by atoms with Crippen LogP contribution in [-0.4, -0.2) is 135 Å². The summed E-state index contributed by atoms with van der Waals surface area (Å²) in [5.74, 6) is 0.445. The van der Waals surface area contributed by atoms with Crippen LogP contribution in [0.1, 0.15) is 120 Å². The van der Waals surface area contributed by atoms with Gasteiger partial charge in [0.05, 0.1) is 27.5 Å². The molecular formula is C63H75F2N11O5S. The smallest absolute Gasteiger partial charge is 0.319 e. The predicted molar refractivity (Wildman–Crippen MR) is 316 cm³/mol. The number of hydrogen-bond acceptors (Lipinski definition) is 15. The molecule has 4 aromatic heterocycles.